The Morgan fingerprint density at radius 1 is 1.52 bits per heavy atom. The minimum absolute atomic E-state index is 0.0846. The van der Waals surface area contributed by atoms with E-state index in [1.165, 1.54) is 11.3 Å². The van der Waals surface area contributed by atoms with Crippen LogP contribution in [0.3, 0.4) is 0 Å². The van der Waals surface area contributed by atoms with E-state index in [1.54, 1.807) is 6.20 Å². The van der Waals surface area contributed by atoms with Crippen molar-refractivity contribution in [2.24, 2.45) is 0 Å². The van der Waals surface area contributed by atoms with Crippen LogP contribution in [-0.2, 0) is 0 Å². The standard InChI is InChI=1S/C14H17BrN4OS/c1-9-6-12(21-13(9)15)14(20)18-10-7-17-19(8-10)11-2-4-16-5-3-11/h6-8,11,16H,2-5H2,1H3,(H,18,20). The summed E-state index contributed by atoms with van der Waals surface area (Å²) in [6, 6.07) is 2.32. The summed E-state index contributed by atoms with van der Waals surface area (Å²) in [5.74, 6) is -0.0846. The normalized spacial score (nSPS) is 16.1. The summed E-state index contributed by atoms with van der Waals surface area (Å²) in [5, 5.41) is 10.6. The summed E-state index contributed by atoms with van der Waals surface area (Å²) in [6.45, 7) is 4.02. The highest BCUT2D eigenvalue weighted by molar-refractivity contribution is 9.11. The molecule has 112 valence electrons. The van der Waals surface area contributed by atoms with Gasteiger partial charge in [-0.05, 0) is 60.4 Å². The molecule has 7 heteroatoms. The lowest BCUT2D eigenvalue weighted by Gasteiger charge is -2.22. The Labute approximate surface area is 135 Å². The summed E-state index contributed by atoms with van der Waals surface area (Å²) < 4.78 is 2.96. The first-order valence-corrected chi connectivity index (χ1v) is 8.56. The van der Waals surface area contributed by atoms with Crippen molar-refractivity contribution in [1.82, 2.24) is 15.1 Å². The zero-order valence-corrected chi connectivity index (χ0v) is 14.1. The average molecular weight is 369 g/mol. The maximum absolute atomic E-state index is 12.2. The lowest BCUT2D eigenvalue weighted by Crippen LogP contribution is -2.29. The molecule has 0 aromatic carbocycles. The molecule has 1 fully saturated rings. The fourth-order valence-electron chi connectivity index (χ4n) is 2.44. The molecule has 0 bridgehead atoms. The Morgan fingerprint density at radius 2 is 2.29 bits per heavy atom. The number of carbonyl (C=O) groups is 1. The van der Waals surface area contributed by atoms with Crippen LogP contribution in [0.2, 0.25) is 0 Å². The van der Waals surface area contributed by atoms with Crippen LogP contribution in [0.25, 0.3) is 0 Å². The van der Waals surface area contributed by atoms with Crippen LogP contribution in [0.1, 0.15) is 34.1 Å². The summed E-state index contributed by atoms with van der Waals surface area (Å²) in [4.78, 5) is 12.9. The largest absolute Gasteiger partial charge is 0.319 e. The molecule has 2 N–H and O–H groups in total. The number of nitrogens with one attached hydrogen (secondary N) is 2. The minimum Gasteiger partial charge on any atom is -0.319 e. The van der Waals surface area contributed by atoms with Gasteiger partial charge in [0, 0.05) is 6.20 Å². The van der Waals surface area contributed by atoms with E-state index in [2.05, 4.69) is 31.7 Å². The first kappa shape index (κ1) is 14.7. The van der Waals surface area contributed by atoms with Crippen LogP contribution in [-0.4, -0.2) is 28.8 Å². The molecule has 0 spiro atoms. The number of aromatic nitrogens is 2. The van der Waals surface area contributed by atoms with E-state index < -0.39 is 0 Å². The van der Waals surface area contributed by atoms with Gasteiger partial charge in [0.1, 0.15) is 0 Å². The zero-order valence-electron chi connectivity index (χ0n) is 11.7. The Balaban J connectivity index is 1.67. The second kappa shape index (κ2) is 6.29. The smallest absolute Gasteiger partial charge is 0.265 e. The number of nitrogens with zero attached hydrogens (tertiary/aromatic N) is 2. The molecule has 1 amide bonds. The van der Waals surface area contributed by atoms with Gasteiger partial charge in [-0.1, -0.05) is 0 Å². The van der Waals surface area contributed by atoms with Gasteiger partial charge in [0.05, 0.1) is 26.6 Å². The lowest BCUT2D eigenvalue weighted by molar-refractivity contribution is 0.103. The molecule has 0 radical (unpaired) electrons. The van der Waals surface area contributed by atoms with E-state index in [4.69, 9.17) is 0 Å². The van der Waals surface area contributed by atoms with E-state index in [1.807, 2.05) is 23.9 Å². The third kappa shape index (κ3) is 3.36. The Morgan fingerprint density at radius 3 is 2.95 bits per heavy atom. The quantitative estimate of drug-likeness (QED) is 0.874. The highest BCUT2D eigenvalue weighted by atomic mass is 79.9. The molecule has 3 heterocycles. The second-order valence-electron chi connectivity index (χ2n) is 5.21. The number of halogens is 1. The van der Waals surface area contributed by atoms with Crippen molar-refractivity contribution < 1.29 is 4.79 Å². The van der Waals surface area contributed by atoms with E-state index in [0.717, 1.165) is 41.0 Å². The van der Waals surface area contributed by atoms with Crippen LogP contribution < -0.4 is 10.6 Å². The van der Waals surface area contributed by atoms with Crippen LogP contribution in [0.5, 0.6) is 0 Å². The molecule has 2 aromatic heterocycles. The van der Waals surface area contributed by atoms with Gasteiger partial charge in [-0.3, -0.25) is 9.48 Å². The van der Waals surface area contributed by atoms with E-state index in [0.29, 0.717) is 10.9 Å². The third-order valence-electron chi connectivity index (χ3n) is 3.62. The molecule has 2 aromatic rings. The maximum Gasteiger partial charge on any atom is 0.265 e. The Bertz CT molecular complexity index is 626. The molecular weight excluding hydrogens is 352 g/mol. The fourth-order valence-corrected chi connectivity index (χ4v) is 3.87. The number of carbonyl (C=O) groups excluding carboxylic acids is 1. The van der Waals surface area contributed by atoms with Gasteiger partial charge in [-0.25, -0.2) is 0 Å². The molecule has 0 aliphatic carbocycles. The zero-order chi connectivity index (χ0) is 14.8. The average Bonchev–Trinajstić information content (AvgIpc) is 3.08. The highest BCUT2D eigenvalue weighted by Crippen LogP contribution is 2.28. The first-order chi connectivity index (χ1) is 10.1. The predicted octanol–water partition coefficient (Wildman–Crippen LogP) is 3.19. The number of piperidine rings is 1. The summed E-state index contributed by atoms with van der Waals surface area (Å²) in [7, 11) is 0. The van der Waals surface area contributed by atoms with Gasteiger partial charge < -0.3 is 10.6 Å². The Hall–Kier alpha value is -1.18. The van der Waals surface area contributed by atoms with Gasteiger partial charge in [0.2, 0.25) is 0 Å². The monoisotopic (exact) mass is 368 g/mol. The van der Waals surface area contributed by atoms with E-state index >= 15 is 0 Å². The van der Waals surface area contributed by atoms with Gasteiger partial charge in [-0.2, -0.15) is 5.10 Å². The predicted molar refractivity (Wildman–Crippen MR) is 88.1 cm³/mol. The van der Waals surface area contributed by atoms with Crippen LogP contribution in [0.4, 0.5) is 5.69 Å². The fraction of sp³-hybridized carbons (Fsp3) is 0.429. The van der Waals surface area contributed by atoms with E-state index in [-0.39, 0.29) is 5.91 Å². The third-order valence-corrected chi connectivity index (χ3v) is 5.76. The van der Waals surface area contributed by atoms with Crippen molar-refractivity contribution >= 4 is 38.9 Å². The number of thiophene rings is 1. The molecule has 1 saturated heterocycles. The summed E-state index contributed by atoms with van der Waals surface area (Å²) in [5.41, 5.74) is 1.83. The molecule has 1 aliphatic rings. The molecule has 0 unspecified atom stereocenters. The molecular formula is C14H17BrN4OS. The number of hydrogen-bond acceptors (Lipinski definition) is 4. The van der Waals surface area contributed by atoms with Crippen molar-refractivity contribution in [3.05, 3.63) is 32.7 Å². The number of aryl methyl sites for hydroxylation is 1. The highest BCUT2D eigenvalue weighted by Gasteiger charge is 2.17. The topological polar surface area (TPSA) is 59.0 Å². The molecule has 5 nitrogen and oxygen atoms in total. The molecule has 0 atom stereocenters. The van der Waals surface area contributed by atoms with Crippen LogP contribution in [0.15, 0.2) is 22.2 Å². The SMILES string of the molecule is Cc1cc(C(=O)Nc2cnn(C3CCNCC3)c2)sc1Br. The first-order valence-electron chi connectivity index (χ1n) is 6.95. The van der Waals surface area contributed by atoms with Gasteiger partial charge in [-0.15, -0.1) is 11.3 Å². The van der Waals surface area contributed by atoms with Crippen molar-refractivity contribution in [2.75, 3.05) is 18.4 Å². The second-order valence-corrected chi connectivity index (χ2v) is 7.58. The van der Waals surface area contributed by atoms with Gasteiger partial charge >= 0.3 is 0 Å². The number of rotatable bonds is 3. The Kier molecular flexibility index (Phi) is 4.42. The van der Waals surface area contributed by atoms with Gasteiger partial charge in [0.25, 0.3) is 5.91 Å². The number of hydrogen-bond donors (Lipinski definition) is 2. The van der Waals surface area contributed by atoms with Crippen LogP contribution >= 0.6 is 27.3 Å². The minimum atomic E-state index is -0.0846. The summed E-state index contributed by atoms with van der Waals surface area (Å²) in [6.07, 6.45) is 5.79. The number of amides is 1. The van der Waals surface area contributed by atoms with Crippen molar-refractivity contribution in [1.29, 1.82) is 0 Å². The van der Waals surface area contributed by atoms with E-state index in [9.17, 15) is 4.79 Å². The van der Waals surface area contributed by atoms with Crippen molar-refractivity contribution in [2.45, 2.75) is 25.8 Å². The summed E-state index contributed by atoms with van der Waals surface area (Å²) >= 11 is 4.89. The van der Waals surface area contributed by atoms with Crippen LogP contribution in [0, 0.1) is 6.92 Å². The molecule has 1 aliphatic heterocycles. The lowest BCUT2D eigenvalue weighted by atomic mass is 10.1. The molecule has 3 rings (SSSR count). The number of anilines is 1. The van der Waals surface area contributed by atoms with Gasteiger partial charge in [0.15, 0.2) is 0 Å². The maximum atomic E-state index is 12.2. The van der Waals surface area contributed by atoms with Crippen molar-refractivity contribution in [3.63, 3.8) is 0 Å². The molecule has 21 heavy (non-hydrogen) atoms. The van der Waals surface area contributed by atoms with Crippen molar-refractivity contribution in [3.8, 4) is 0 Å². The molecule has 0 saturated carbocycles.